The SMILES string of the molecule is CC(C)COCCOC(F)C(=O)O. The molecule has 1 N–H and O–H groups in total. The van der Waals surface area contributed by atoms with Crippen molar-refractivity contribution in [1.82, 2.24) is 0 Å². The monoisotopic (exact) mass is 194 g/mol. The Balaban J connectivity index is 3.21. The van der Waals surface area contributed by atoms with Gasteiger partial charge in [0.15, 0.2) is 0 Å². The van der Waals surface area contributed by atoms with Gasteiger partial charge >= 0.3 is 5.97 Å². The number of hydrogen-bond acceptors (Lipinski definition) is 3. The Kier molecular flexibility index (Phi) is 6.44. The second kappa shape index (κ2) is 6.80. The quantitative estimate of drug-likeness (QED) is 0.615. The van der Waals surface area contributed by atoms with Gasteiger partial charge in [-0.15, -0.1) is 0 Å². The Morgan fingerprint density at radius 2 is 2.08 bits per heavy atom. The van der Waals surface area contributed by atoms with Gasteiger partial charge in [0.2, 0.25) is 0 Å². The molecule has 0 aliphatic rings. The first-order valence-corrected chi connectivity index (χ1v) is 4.10. The van der Waals surface area contributed by atoms with Crippen molar-refractivity contribution in [2.45, 2.75) is 20.2 Å². The van der Waals surface area contributed by atoms with E-state index >= 15 is 0 Å². The first-order valence-electron chi connectivity index (χ1n) is 4.10. The molecule has 0 aromatic carbocycles. The van der Waals surface area contributed by atoms with Crippen molar-refractivity contribution in [2.24, 2.45) is 5.92 Å². The molecule has 13 heavy (non-hydrogen) atoms. The normalized spacial score (nSPS) is 13.2. The van der Waals surface area contributed by atoms with E-state index in [0.29, 0.717) is 12.5 Å². The Bertz CT molecular complexity index is 149. The van der Waals surface area contributed by atoms with Crippen LogP contribution in [0.15, 0.2) is 0 Å². The van der Waals surface area contributed by atoms with E-state index in [0.717, 1.165) is 0 Å². The molecule has 0 aliphatic carbocycles. The average Bonchev–Trinajstić information content (AvgIpc) is 2.02. The minimum absolute atomic E-state index is 0.0415. The average molecular weight is 194 g/mol. The summed E-state index contributed by atoms with van der Waals surface area (Å²) in [7, 11) is 0. The maximum absolute atomic E-state index is 12.2. The molecule has 0 radical (unpaired) electrons. The summed E-state index contributed by atoms with van der Waals surface area (Å²) in [5.41, 5.74) is 0. The molecule has 0 aliphatic heterocycles. The van der Waals surface area contributed by atoms with Gasteiger partial charge in [0.25, 0.3) is 6.36 Å². The van der Waals surface area contributed by atoms with E-state index in [1.165, 1.54) is 0 Å². The first kappa shape index (κ1) is 12.3. The Morgan fingerprint density at radius 3 is 2.54 bits per heavy atom. The molecular weight excluding hydrogens is 179 g/mol. The van der Waals surface area contributed by atoms with Crippen molar-refractivity contribution in [1.29, 1.82) is 0 Å². The molecule has 0 saturated carbocycles. The number of ether oxygens (including phenoxy) is 2. The van der Waals surface area contributed by atoms with Gasteiger partial charge in [-0.1, -0.05) is 13.8 Å². The molecule has 0 amide bonds. The predicted octanol–water partition coefficient (Wildman–Crippen LogP) is 1.06. The minimum Gasteiger partial charge on any atom is -0.477 e. The van der Waals surface area contributed by atoms with E-state index < -0.39 is 12.3 Å². The molecule has 0 fully saturated rings. The van der Waals surface area contributed by atoms with Gasteiger partial charge in [-0.3, -0.25) is 0 Å². The van der Waals surface area contributed by atoms with Crippen LogP contribution in [-0.2, 0) is 14.3 Å². The highest BCUT2D eigenvalue weighted by molar-refractivity contribution is 5.70. The number of alkyl halides is 1. The van der Waals surface area contributed by atoms with E-state index in [2.05, 4.69) is 4.74 Å². The van der Waals surface area contributed by atoms with Crippen molar-refractivity contribution >= 4 is 5.97 Å². The summed E-state index contributed by atoms with van der Waals surface area (Å²) >= 11 is 0. The molecule has 1 unspecified atom stereocenters. The number of hydrogen-bond donors (Lipinski definition) is 1. The van der Waals surface area contributed by atoms with Gasteiger partial charge in [-0.25, -0.2) is 9.18 Å². The zero-order valence-corrected chi connectivity index (χ0v) is 7.83. The van der Waals surface area contributed by atoms with Gasteiger partial charge in [0, 0.05) is 6.61 Å². The van der Waals surface area contributed by atoms with E-state index in [1.807, 2.05) is 13.8 Å². The van der Waals surface area contributed by atoms with Crippen LogP contribution in [0.4, 0.5) is 4.39 Å². The molecule has 0 rings (SSSR count). The van der Waals surface area contributed by atoms with Crippen molar-refractivity contribution in [2.75, 3.05) is 19.8 Å². The molecule has 0 spiro atoms. The highest BCUT2D eigenvalue weighted by Crippen LogP contribution is 1.95. The highest BCUT2D eigenvalue weighted by Gasteiger charge is 2.14. The summed E-state index contributed by atoms with van der Waals surface area (Å²) in [4.78, 5) is 9.93. The lowest BCUT2D eigenvalue weighted by atomic mass is 10.2. The molecule has 5 heteroatoms. The van der Waals surface area contributed by atoms with Crippen LogP contribution in [0.5, 0.6) is 0 Å². The minimum atomic E-state index is -2.25. The van der Waals surface area contributed by atoms with Gasteiger partial charge in [0.1, 0.15) is 0 Å². The van der Waals surface area contributed by atoms with E-state index in [9.17, 15) is 9.18 Å². The fourth-order valence-electron chi connectivity index (χ4n) is 0.601. The first-order chi connectivity index (χ1) is 6.04. The predicted molar refractivity (Wildman–Crippen MR) is 44.1 cm³/mol. The third kappa shape index (κ3) is 7.67. The molecule has 78 valence electrons. The van der Waals surface area contributed by atoms with Crippen LogP contribution < -0.4 is 0 Å². The standard InChI is InChI=1S/C8H15FO4/c1-6(2)5-12-3-4-13-7(9)8(10)11/h6-7H,3-5H2,1-2H3,(H,10,11). The van der Waals surface area contributed by atoms with Crippen molar-refractivity contribution < 1.29 is 23.8 Å². The van der Waals surface area contributed by atoms with Crippen LogP contribution >= 0.6 is 0 Å². The Labute approximate surface area is 76.6 Å². The molecule has 1 atom stereocenters. The lowest BCUT2D eigenvalue weighted by Gasteiger charge is -2.07. The van der Waals surface area contributed by atoms with Crippen LogP contribution in [0.2, 0.25) is 0 Å². The van der Waals surface area contributed by atoms with Gasteiger partial charge in [0.05, 0.1) is 13.2 Å². The van der Waals surface area contributed by atoms with Crippen LogP contribution in [0.25, 0.3) is 0 Å². The smallest absolute Gasteiger partial charge is 0.366 e. The fourth-order valence-corrected chi connectivity index (χ4v) is 0.601. The van der Waals surface area contributed by atoms with Crippen LogP contribution in [-0.4, -0.2) is 37.3 Å². The summed E-state index contributed by atoms with van der Waals surface area (Å²) in [6.07, 6.45) is -2.25. The second-order valence-electron chi connectivity index (χ2n) is 2.99. The second-order valence-corrected chi connectivity index (χ2v) is 2.99. The molecule has 0 aromatic rings. The van der Waals surface area contributed by atoms with E-state index in [1.54, 1.807) is 0 Å². The molecular formula is C8H15FO4. The van der Waals surface area contributed by atoms with E-state index in [-0.39, 0.29) is 13.2 Å². The maximum atomic E-state index is 12.2. The summed E-state index contributed by atoms with van der Waals surface area (Å²) < 4.78 is 21.6. The van der Waals surface area contributed by atoms with Crippen LogP contribution in [0.3, 0.4) is 0 Å². The number of aliphatic carboxylic acids is 1. The van der Waals surface area contributed by atoms with Crippen LogP contribution in [0.1, 0.15) is 13.8 Å². The summed E-state index contributed by atoms with van der Waals surface area (Å²) in [6, 6.07) is 0. The largest absolute Gasteiger partial charge is 0.477 e. The molecule has 0 bridgehead atoms. The Morgan fingerprint density at radius 1 is 1.46 bits per heavy atom. The number of carbonyl (C=O) groups is 1. The third-order valence-corrected chi connectivity index (χ3v) is 1.14. The molecule has 0 saturated heterocycles. The molecule has 0 heterocycles. The fraction of sp³-hybridized carbons (Fsp3) is 0.875. The number of halogens is 1. The van der Waals surface area contributed by atoms with Gasteiger partial charge < -0.3 is 14.6 Å². The number of carboxylic acids is 1. The van der Waals surface area contributed by atoms with Crippen molar-refractivity contribution in [3.8, 4) is 0 Å². The maximum Gasteiger partial charge on any atom is 0.366 e. The van der Waals surface area contributed by atoms with Gasteiger partial charge in [-0.05, 0) is 5.92 Å². The highest BCUT2D eigenvalue weighted by atomic mass is 19.1. The van der Waals surface area contributed by atoms with Crippen molar-refractivity contribution in [3.63, 3.8) is 0 Å². The lowest BCUT2D eigenvalue weighted by Crippen LogP contribution is -2.21. The lowest BCUT2D eigenvalue weighted by molar-refractivity contribution is -0.164. The summed E-state index contributed by atoms with van der Waals surface area (Å²) in [6.45, 7) is 4.70. The zero-order valence-electron chi connectivity index (χ0n) is 7.83. The zero-order chi connectivity index (χ0) is 10.3. The number of carboxylic acid groups (broad SMARTS) is 1. The summed E-state index contributed by atoms with van der Waals surface area (Å²) in [5.74, 6) is -1.20. The molecule has 4 nitrogen and oxygen atoms in total. The topological polar surface area (TPSA) is 55.8 Å². The van der Waals surface area contributed by atoms with Crippen molar-refractivity contribution in [3.05, 3.63) is 0 Å². The number of rotatable bonds is 7. The van der Waals surface area contributed by atoms with Gasteiger partial charge in [-0.2, -0.15) is 0 Å². The Hall–Kier alpha value is -0.680. The van der Waals surface area contributed by atoms with E-state index in [4.69, 9.17) is 9.84 Å². The third-order valence-electron chi connectivity index (χ3n) is 1.14. The summed E-state index contributed by atoms with van der Waals surface area (Å²) in [5, 5.41) is 8.09. The molecule has 0 aromatic heterocycles. The van der Waals surface area contributed by atoms with Crippen LogP contribution in [0, 0.1) is 5.92 Å².